The van der Waals surface area contributed by atoms with Crippen molar-refractivity contribution >= 4 is 39.3 Å². The number of fused-ring (bicyclic) bond motifs is 2. The van der Waals surface area contributed by atoms with Crippen LogP contribution in [0.5, 0.6) is 0 Å². The minimum atomic E-state index is -0.572. The number of aromatic nitrogens is 2. The van der Waals surface area contributed by atoms with Gasteiger partial charge in [0.1, 0.15) is 9.71 Å². The van der Waals surface area contributed by atoms with Gasteiger partial charge in [0, 0.05) is 12.4 Å². The number of esters is 1. The van der Waals surface area contributed by atoms with Crippen LogP contribution in [-0.2, 0) is 11.8 Å². The van der Waals surface area contributed by atoms with Gasteiger partial charge in [0.2, 0.25) is 0 Å². The number of ether oxygens (including phenoxy) is 1. The number of carbonyl (C=O) groups excluding carboxylic acids is 3. The summed E-state index contributed by atoms with van der Waals surface area (Å²) in [5.41, 5.74) is 1.48. The Hall–Kier alpha value is -3.00. The van der Waals surface area contributed by atoms with Gasteiger partial charge in [0.15, 0.2) is 6.73 Å². The third kappa shape index (κ3) is 2.33. The maximum Gasteiger partial charge on any atom is 0.350 e. The quantitative estimate of drug-likeness (QED) is 0.532. The Morgan fingerprint density at radius 2 is 1.84 bits per heavy atom. The minimum absolute atomic E-state index is 0.326. The molecule has 25 heavy (non-hydrogen) atoms. The molecule has 1 aliphatic heterocycles. The van der Waals surface area contributed by atoms with Crippen molar-refractivity contribution in [2.75, 3.05) is 6.73 Å². The standard InChI is InChI=1S/C17H13N3O4S/c1-9-12-7-13(25-16(12)19(2)18-9)17(23)24-8-20-14(21)10-5-3-4-6-11(10)15(20)22/h3-7H,8H2,1-2H3. The summed E-state index contributed by atoms with van der Waals surface area (Å²) in [6.07, 6.45) is 0. The van der Waals surface area contributed by atoms with Crippen LogP contribution in [0, 0.1) is 6.92 Å². The number of benzene rings is 1. The molecule has 0 aliphatic carbocycles. The molecule has 8 heteroatoms. The molecule has 7 nitrogen and oxygen atoms in total. The van der Waals surface area contributed by atoms with E-state index in [1.54, 1.807) is 42.1 Å². The van der Waals surface area contributed by atoms with Crippen molar-refractivity contribution in [2.24, 2.45) is 7.05 Å². The smallest absolute Gasteiger partial charge is 0.350 e. The fourth-order valence-electron chi connectivity index (χ4n) is 2.86. The van der Waals surface area contributed by atoms with Crippen molar-refractivity contribution < 1.29 is 19.1 Å². The summed E-state index contributed by atoms with van der Waals surface area (Å²) in [7, 11) is 1.81. The lowest BCUT2D eigenvalue weighted by Gasteiger charge is -2.13. The summed E-state index contributed by atoms with van der Waals surface area (Å²) in [6, 6.07) is 8.26. The molecule has 0 radical (unpaired) electrons. The van der Waals surface area contributed by atoms with E-state index in [1.165, 1.54) is 11.3 Å². The van der Waals surface area contributed by atoms with Crippen LogP contribution in [0.3, 0.4) is 0 Å². The van der Waals surface area contributed by atoms with Crippen LogP contribution in [0.25, 0.3) is 10.2 Å². The fourth-order valence-corrected chi connectivity index (χ4v) is 3.87. The number of aryl methyl sites for hydroxylation is 2. The van der Waals surface area contributed by atoms with Gasteiger partial charge in [0.05, 0.1) is 16.8 Å². The molecular weight excluding hydrogens is 342 g/mol. The molecule has 2 aromatic heterocycles. The van der Waals surface area contributed by atoms with Gasteiger partial charge in [-0.05, 0) is 25.1 Å². The first-order valence-corrected chi connectivity index (χ1v) is 8.34. The van der Waals surface area contributed by atoms with Crippen molar-refractivity contribution in [3.63, 3.8) is 0 Å². The van der Waals surface area contributed by atoms with Crippen molar-refractivity contribution in [2.45, 2.75) is 6.92 Å². The molecule has 3 heterocycles. The Balaban J connectivity index is 1.51. The molecular formula is C17H13N3O4S. The van der Waals surface area contributed by atoms with Crippen LogP contribution in [-0.4, -0.2) is 39.2 Å². The number of rotatable bonds is 3. The van der Waals surface area contributed by atoms with Crippen LogP contribution in [0.2, 0.25) is 0 Å². The van der Waals surface area contributed by atoms with Crippen LogP contribution >= 0.6 is 11.3 Å². The lowest BCUT2D eigenvalue weighted by molar-refractivity contribution is 0.0232. The zero-order valence-corrected chi connectivity index (χ0v) is 14.3. The molecule has 2 amide bonds. The van der Waals surface area contributed by atoms with Crippen molar-refractivity contribution in [1.82, 2.24) is 14.7 Å². The Morgan fingerprint density at radius 3 is 2.44 bits per heavy atom. The maximum absolute atomic E-state index is 12.3. The zero-order chi connectivity index (χ0) is 17.7. The Bertz CT molecular complexity index is 980. The summed E-state index contributed by atoms with van der Waals surface area (Å²) >= 11 is 1.26. The van der Waals surface area contributed by atoms with E-state index in [0.29, 0.717) is 16.0 Å². The van der Waals surface area contributed by atoms with E-state index in [4.69, 9.17) is 4.74 Å². The summed E-state index contributed by atoms with van der Waals surface area (Å²) in [5.74, 6) is -1.48. The van der Waals surface area contributed by atoms with E-state index >= 15 is 0 Å². The highest BCUT2D eigenvalue weighted by molar-refractivity contribution is 7.20. The second kappa shape index (κ2) is 5.52. The van der Waals surface area contributed by atoms with Crippen LogP contribution in [0.1, 0.15) is 36.1 Å². The number of hydrogen-bond donors (Lipinski definition) is 0. The Morgan fingerprint density at radius 1 is 1.20 bits per heavy atom. The van der Waals surface area contributed by atoms with Crippen LogP contribution in [0.15, 0.2) is 30.3 Å². The van der Waals surface area contributed by atoms with Gasteiger partial charge in [-0.2, -0.15) is 5.10 Å². The molecule has 0 unspecified atom stereocenters. The van der Waals surface area contributed by atoms with E-state index in [-0.39, 0.29) is 0 Å². The Labute approximate surface area is 146 Å². The molecule has 1 aromatic carbocycles. The molecule has 0 atom stereocenters. The second-order valence-electron chi connectivity index (χ2n) is 5.68. The van der Waals surface area contributed by atoms with Crippen LogP contribution in [0.4, 0.5) is 0 Å². The minimum Gasteiger partial charge on any atom is -0.439 e. The normalized spacial score (nSPS) is 13.6. The molecule has 0 N–H and O–H groups in total. The molecule has 3 aromatic rings. The third-order valence-electron chi connectivity index (χ3n) is 4.10. The molecule has 0 saturated heterocycles. The summed E-state index contributed by atoms with van der Waals surface area (Å²) in [6.45, 7) is 1.46. The van der Waals surface area contributed by atoms with Crippen molar-refractivity contribution in [3.05, 3.63) is 52.0 Å². The molecule has 0 fully saturated rings. The van der Waals surface area contributed by atoms with Crippen molar-refractivity contribution in [3.8, 4) is 0 Å². The monoisotopic (exact) mass is 355 g/mol. The van der Waals surface area contributed by atoms with Gasteiger partial charge in [-0.3, -0.25) is 14.3 Å². The highest BCUT2D eigenvalue weighted by atomic mass is 32.1. The highest BCUT2D eigenvalue weighted by Crippen LogP contribution is 2.28. The van der Waals surface area contributed by atoms with Gasteiger partial charge >= 0.3 is 5.97 Å². The van der Waals surface area contributed by atoms with Crippen molar-refractivity contribution in [1.29, 1.82) is 0 Å². The van der Waals surface area contributed by atoms with Crippen LogP contribution < -0.4 is 0 Å². The molecule has 4 rings (SSSR count). The number of hydrogen-bond acceptors (Lipinski definition) is 6. The molecule has 0 saturated carbocycles. The first-order chi connectivity index (χ1) is 12.0. The lowest BCUT2D eigenvalue weighted by atomic mass is 10.1. The van der Waals surface area contributed by atoms with Gasteiger partial charge in [-0.25, -0.2) is 9.69 Å². The second-order valence-corrected chi connectivity index (χ2v) is 6.71. The van der Waals surface area contributed by atoms with Gasteiger partial charge < -0.3 is 4.74 Å². The Kier molecular flexibility index (Phi) is 3.43. The van der Waals surface area contributed by atoms with E-state index in [9.17, 15) is 14.4 Å². The molecule has 1 aliphatic rings. The zero-order valence-electron chi connectivity index (χ0n) is 13.5. The first-order valence-electron chi connectivity index (χ1n) is 7.53. The molecule has 0 spiro atoms. The van der Waals surface area contributed by atoms with Gasteiger partial charge in [0.25, 0.3) is 11.8 Å². The number of amides is 2. The van der Waals surface area contributed by atoms with E-state index < -0.39 is 24.5 Å². The van der Waals surface area contributed by atoms with E-state index in [0.717, 1.165) is 20.8 Å². The number of carbonyl (C=O) groups is 3. The summed E-state index contributed by atoms with van der Waals surface area (Å²) in [5, 5.41) is 5.17. The number of thiophene rings is 1. The van der Waals surface area contributed by atoms with E-state index in [2.05, 4.69) is 5.10 Å². The first kappa shape index (κ1) is 15.5. The number of imide groups is 1. The molecule has 0 bridgehead atoms. The SMILES string of the molecule is Cc1nn(C)c2sc(C(=O)OCN3C(=O)c4ccccc4C3=O)cc12. The van der Waals surface area contributed by atoms with E-state index in [1.807, 2.05) is 6.92 Å². The third-order valence-corrected chi connectivity index (χ3v) is 5.28. The number of nitrogens with zero attached hydrogens (tertiary/aromatic N) is 3. The fraction of sp³-hybridized carbons (Fsp3) is 0.176. The van der Waals surface area contributed by atoms with Gasteiger partial charge in [-0.15, -0.1) is 11.3 Å². The largest absolute Gasteiger partial charge is 0.439 e. The highest BCUT2D eigenvalue weighted by Gasteiger charge is 2.35. The average Bonchev–Trinajstić information content (AvgIpc) is 3.22. The topological polar surface area (TPSA) is 81.5 Å². The lowest BCUT2D eigenvalue weighted by Crippen LogP contribution is -2.33. The average molecular weight is 355 g/mol. The summed E-state index contributed by atoms with van der Waals surface area (Å²) in [4.78, 5) is 39.0. The summed E-state index contributed by atoms with van der Waals surface area (Å²) < 4.78 is 6.89. The predicted molar refractivity (Wildman–Crippen MR) is 90.6 cm³/mol. The maximum atomic E-state index is 12.3. The predicted octanol–water partition coefficient (Wildman–Crippen LogP) is 2.35. The molecule has 126 valence electrons. The van der Waals surface area contributed by atoms with Gasteiger partial charge in [-0.1, -0.05) is 12.1 Å².